The van der Waals surface area contributed by atoms with Gasteiger partial charge >= 0.3 is 0 Å². The van der Waals surface area contributed by atoms with Crippen molar-refractivity contribution in [3.63, 3.8) is 0 Å². The van der Waals surface area contributed by atoms with Gasteiger partial charge in [0.2, 0.25) is 5.28 Å². The molecule has 0 saturated carbocycles. The first-order valence-corrected chi connectivity index (χ1v) is 3.50. The van der Waals surface area contributed by atoms with Gasteiger partial charge in [0.1, 0.15) is 7.11 Å². The molecule has 0 heterocycles. The number of nitrogens with zero attached hydrogens (tertiary/aromatic N) is 2. The Kier molecular flexibility index (Phi) is 4.16. The van der Waals surface area contributed by atoms with E-state index in [9.17, 15) is 5.21 Å². The molecule has 0 saturated heterocycles. The fourth-order valence-electron chi connectivity index (χ4n) is 0.116. The van der Waals surface area contributed by atoms with Crippen LogP contribution in [-0.2, 0) is 4.84 Å². The van der Waals surface area contributed by atoms with Crippen LogP contribution in [0.2, 0.25) is 0 Å². The summed E-state index contributed by atoms with van der Waals surface area (Å²) >= 11 is 5.79. The molecule has 0 spiro atoms. The van der Waals surface area contributed by atoms with Gasteiger partial charge in [0.05, 0.1) is 0 Å². The van der Waals surface area contributed by atoms with Crippen molar-refractivity contribution in [2.75, 3.05) is 7.11 Å². The van der Waals surface area contributed by atoms with Crippen molar-refractivity contribution in [2.45, 2.75) is 3.86 Å². The van der Waals surface area contributed by atoms with Crippen LogP contribution in [-0.4, -0.2) is 15.8 Å². The maximum atomic E-state index is 10.3. The van der Waals surface area contributed by atoms with Crippen LogP contribution in [0.3, 0.4) is 0 Å². The minimum Gasteiger partial charge on any atom is -0.596 e. The first-order chi connectivity index (χ1) is 3.68. The summed E-state index contributed by atoms with van der Waals surface area (Å²) in [6.45, 7) is 0. The molecule has 0 aliphatic carbocycles. The predicted molar refractivity (Wildman–Crippen MR) is 34.7 cm³/mol. The van der Waals surface area contributed by atoms with Crippen LogP contribution in [0.1, 0.15) is 0 Å². The zero-order chi connectivity index (χ0) is 6.57. The molecule has 0 atom stereocenters. The van der Waals surface area contributed by atoms with Crippen molar-refractivity contribution in [3.8, 4) is 0 Å². The van der Waals surface area contributed by atoms with Gasteiger partial charge in [0, 0.05) is 31.9 Å². The smallest absolute Gasteiger partial charge is 0.300 e. The number of halogens is 2. The number of hydrogen-bond donors (Lipinski definition) is 0. The minimum absolute atomic E-state index is 0.333. The number of rotatable bonds is 2. The highest BCUT2D eigenvalue weighted by molar-refractivity contribution is 9.24. The quantitative estimate of drug-likeness (QED) is 0.245. The van der Waals surface area contributed by atoms with Crippen LogP contribution in [0, 0.1) is 5.21 Å². The zero-order valence-corrected chi connectivity index (χ0v) is 7.22. The molecule has 48 valence electrons. The third-order valence-corrected chi connectivity index (χ3v) is 1.03. The van der Waals surface area contributed by atoms with E-state index < -0.39 is 3.86 Å². The topological polar surface area (TPSA) is 47.7 Å². The van der Waals surface area contributed by atoms with Crippen molar-refractivity contribution in [3.05, 3.63) is 5.21 Å². The van der Waals surface area contributed by atoms with E-state index in [0.29, 0.717) is 4.86 Å². The van der Waals surface area contributed by atoms with E-state index in [4.69, 9.17) is 0 Å². The maximum Gasteiger partial charge on any atom is 0.300 e. The molecule has 0 aromatic heterocycles. The van der Waals surface area contributed by atoms with Crippen LogP contribution in [0.5, 0.6) is 0 Å². The lowest BCUT2D eigenvalue weighted by Gasteiger charge is -1.96. The van der Waals surface area contributed by atoms with Gasteiger partial charge in [-0.15, -0.1) is 0 Å². The van der Waals surface area contributed by atoms with Gasteiger partial charge in [-0.2, -0.15) is 0 Å². The Bertz CT molecular complexity index is 94.0. The lowest BCUT2D eigenvalue weighted by Crippen LogP contribution is -2.03. The van der Waals surface area contributed by atoms with Gasteiger partial charge < -0.3 is 10.0 Å². The van der Waals surface area contributed by atoms with Crippen molar-refractivity contribution >= 4 is 31.9 Å². The summed E-state index contributed by atoms with van der Waals surface area (Å²) in [4.78, 5) is 4.48. The molecule has 0 aromatic rings. The highest BCUT2D eigenvalue weighted by atomic mass is 79.9. The molecule has 0 aliphatic heterocycles. The highest BCUT2D eigenvalue weighted by Gasteiger charge is 2.05. The first kappa shape index (κ1) is 8.16. The summed E-state index contributed by atoms with van der Waals surface area (Å²) in [5.74, 6) is 0. The first-order valence-electron chi connectivity index (χ1n) is 1.67. The van der Waals surface area contributed by atoms with Crippen molar-refractivity contribution in [1.82, 2.24) is 0 Å². The molecule has 0 fully saturated rings. The average Bonchev–Trinajstić information content (AvgIpc) is 1.67. The van der Waals surface area contributed by atoms with Crippen LogP contribution >= 0.6 is 31.9 Å². The SMILES string of the molecule is CO/N=[N+](\[O-])C(Br)Br. The summed E-state index contributed by atoms with van der Waals surface area (Å²) < 4.78 is -0.519. The average molecular weight is 248 g/mol. The summed E-state index contributed by atoms with van der Waals surface area (Å²) in [7, 11) is 1.30. The van der Waals surface area contributed by atoms with E-state index >= 15 is 0 Å². The molecule has 0 aromatic carbocycles. The number of hydroxylamine groups is 1. The Morgan fingerprint density at radius 2 is 2.25 bits per heavy atom. The van der Waals surface area contributed by atoms with Crippen LogP contribution in [0.15, 0.2) is 5.28 Å². The largest absolute Gasteiger partial charge is 0.596 e. The lowest BCUT2D eigenvalue weighted by molar-refractivity contribution is -0.546. The fraction of sp³-hybridized carbons (Fsp3) is 1.00. The molecule has 0 rings (SSSR count). The van der Waals surface area contributed by atoms with Crippen molar-refractivity contribution in [1.29, 1.82) is 0 Å². The summed E-state index contributed by atoms with van der Waals surface area (Å²) in [6, 6.07) is 0. The van der Waals surface area contributed by atoms with E-state index in [-0.39, 0.29) is 0 Å². The minimum atomic E-state index is -0.519. The van der Waals surface area contributed by atoms with Crippen LogP contribution < -0.4 is 0 Å². The normalized spacial score (nSPS) is 12.2. The Hall–Kier alpha value is 0.160. The second kappa shape index (κ2) is 4.08. The third kappa shape index (κ3) is 3.20. The van der Waals surface area contributed by atoms with Crippen LogP contribution in [0.4, 0.5) is 0 Å². The van der Waals surface area contributed by atoms with Gasteiger partial charge in [-0.3, -0.25) is 0 Å². The molecule has 0 unspecified atom stereocenters. The second-order valence-corrected chi connectivity index (χ2v) is 3.81. The molecule has 0 aliphatic rings. The molecule has 6 heteroatoms. The third-order valence-electron chi connectivity index (χ3n) is 0.329. The molecular formula is C2H4Br2N2O2. The fourth-order valence-corrected chi connectivity index (χ4v) is 0.266. The van der Waals surface area contributed by atoms with Gasteiger partial charge in [-0.25, -0.2) is 0 Å². The molecule has 0 amide bonds. The van der Waals surface area contributed by atoms with Gasteiger partial charge in [-0.05, 0) is 4.86 Å². The van der Waals surface area contributed by atoms with Gasteiger partial charge in [0.25, 0.3) is 3.86 Å². The molecule has 0 bridgehead atoms. The monoisotopic (exact) mass is 246 g/mol. The zero-order valence-electron chi connectivity index (χ0n) is 4.04. The van der Waals surface area contributed by atoms with Crippen molar-refractivity contribution in [2.24, 2.45) is 5.28 Å². The summed E-state index contributed by atoms with van der Waals surface area (Å²) in [6.07, 6.45) is 0. The van der Waals surface area contributed by atoms with E-state index in [1.807, 2.05) is 0 Å². The number of hydrogen-bond acceptors (Lipinski definition) is 3. The standard InChI is InChI=1S/C2H4Br2N2O2/c1-8-5-6(7)2(3)4/h2H,1H3/b6-5-. The predicted octanol–water partition coefficient (Wildman–Crippen LogP) is 1.58. The molecule has 0 radical (unpaired) electrons. The molecule has 8 heavy (non-hydrogen) atoms. The van der Waals surface area contributed by atoms with E-state index in [0.717, 1.165) is 0 Å². The molecule has 4 nitrogen and oxygen atoms in total. The van der Waals surface area contributed by atoms with Crippen molar-refractivity contribution < 1.29 is 9.70 Å². The van der Waals surface area contributed by atoms with E-state index in [1.54, 1.807) is 0 Å². The molecular weight excluding hydrogens is 244 g/mol. The second-order valence-electron chi connectivity index (χ2n) is 0.844. The number of alkyl halides is 2. The Balaban J connectivity index is 3.61. The molecule has 0 N–H and O–H groups in total. The summed E-state index contributed by atoms with van der Waals surface area (Å²) in [5.41, 5.74) is 0. The maximum absolute atomic E-state index is 10.3. The lowest BCUT2D eigenvalue weighted by atomic mass is 11.5. The van der Waals surface area contributed by atoms with E-state index in [1.165, 1.54) is 7.11 Å². The van der Waals surface area contributed by atoms with Gasteiger partial charge in [-0.1, -0.05) is 0 Å². The summed E-state index contributed by atoms with van der Waals surface area (Å²) in [5, 5.41) is 13.3. The highest BCUT2D eigenvalue weighted by Crippen LogP contribution is 2.08. The Morgan fingerprint density at radius 3 is 2.38 bits per heavy atom. The van der Waals surface area contributed by atoms with E-state index in [2.05, 4.69) is 42.0 Å². The Labute approximate surface area is 63.3 Å². The van der Waals surface area contributed by atoms with Gasteiger partial charge in [0.15, 0.2) is 0 Å². The van der Waals surface area contributed by atoms with Crippen LogP contribution in [0.25, 0.3) is 0 Å². The Morgan fingerprint density at radius 1 is 1.75 bits per heavy atom.